The quantitative estimate of drug-likeness (QED) is 0.573. The topological polar surface area (TPSA) is 57.7 Å². The van der Waals surface area contributed by atoms with Crippen molar-refractivity contribution in [2.45, 2.75) is 32.9 Å². The van der Waals surface area contributed by atoms with E-state index >= 15 is 0 Å². The molecule has 32 heavy (non-hydrogen) atoms. The Morgan fingerprint density at radius 2 is 1.56 bits per heavy atom. The van der Waals surface area contributed by atoms with Crippen molar-refractivity contribution in [2.75, 3.05) is 4.90 Å². The molecule has 7 heteroatoms. The number of ketones is 1. The van der Waals surface area contributed by atoms with Crippen molar-refractivity contribution in [3.8, 4) is 0 Å². The van der Waals surface area contributed by atoms with Gasteiger partial charge in [0.1, 0.15) is 6.04 Å². The second kappa shape index (κ2) is 7.19. The predicted molar refractivity (Wildman–Crippen MR) is 124 cm³/mol. The summed E-state index contributed by atoms with van der Waals surface area (Å²) < 4.78 is 0. The summed E-state index contributed by atoms with van der Waals surface area (Å²) in [5, 5.41) is 0.667. The first kappa shape index (κ1) is 21.2. The van der Waals surface area contributed by atoms with Gasteiger partial charge in [-0.15, -0.1) is 0 Å². The Kier molecular flexibility index (Phi) is 4.77. The van der Waals surface area contributed by atoms with Crippen LogP contribution in [0.25, 0.3) is 6.08 Å². The molecular weight excluding hydrogens is 447 g/mol. The van der Waals surface area contributed by atoms with E-state index in [0.29, 0.717) is 15.7 Å². The van der Waals surface area contributed by atoms with Crippen LogP contribution in [0.1, 0.15) is 37.9 Å². The molecule has 5 nitrogen and oxygen atoms in total. The lowest BCUT2D eigenvalue weighted by atomic mass is 9.79. The smallest absolute Gasteiger partial charge is 0.240 e. The number of hydrogen-bond donors (Lipinski definition) is 0. The highest BCUT2D eigenvalue weighted by atomic mass is 35.5. The standard InChI is InChI=1S/C25H22Cl2N2O3/c1-25(2,3)22(30)21-19-18(20-17-7-5-4-6-13(17)8-9-28(20)21)23(31)29(24(19)32)16-11-14(26)10-15(27)12-16/h4-12,18-21H,1-3H3/t18-,19+,20?,21-/m0/s1. The minimum absolute atomic E-state index is 0.0637. The molecule has 2 fully saturated rings. The summed E-state index contributed by atoms with van der Waals surface area (Å²) in [5.74, 6) is -2.24. The zero-order valence-electron chi connectivity index (χ0n) is 17.9. The maximum Gasteiger partial charge on any atom is 0.240 e. The molecule has 1 unspecified atom stereocenters. The number of hydrogen-bond acceptors (Lipinski definition) is 4. The number of nitrogens with zero attached hydrogens (tertiary/aromatic N) is 2. The van der Waals surface area contributed by atoms with E-state index in [0.717, 1.165) is 16.0 Å². The largest absolute Gasteiger partial charge is 0.359 e. The van der Waals surface area contributed by atoms with Gasteiger partial charge in [0.2, 0.25) is 11.8 Å². The molecule has 0 N–H and O–H groups in total. The molecule has 3 aliphatic heterocycles. The summed E-state index contributed by atoms with van der Waals surface area (Å²) in [6, 6.07) is 11.3. The van der Waals surface area contributed by atoms with Crippen LogP contribution in [0.2, 0.25) is 10.0 Å². The Hall–Kier alpha value is -2.63. The fourth-order valence-corrected chi connectivity index (χ4v) is 5.74. The molecule has 2 aromatic rings. The van der Waals surface area contributed by atoms with Gasteiger partial charge in [0, 0.05) is 21.7 Å². The molecule has 0 aromatic heterocycles. The maximum absolute atomic E-state index is 13.8. The van der Waals surface area contributed by atoms with Crippen LogP contribution in [0, 0.1) is 17.3 Å². The van der Waals surface area contributed by atoms with Crippen LogP contribution in [-0.2, 0) is 14.4 Å². The van der Waals surface area contributed by atoms with Crippen LogP contribution in [-0.4, -0.2) is 28.5 Å². The van der Waals surface area contributed by atoms with Gasteiger partial charge in [-0.25, -0.2) is 4.90 Å². The summed E-state index contributed by atoms with van der Waals surface area (Å²) in [5.41, 5.74) is 1.59. The first-order valence-corrected chi connectivity index (χ1v) is 11.3. The number of anilines is 1. The van der Waals surface area contributed by atoms with Gasteiger partial charge in [-0.2, -0.15) is 0 Å². The van der Waals surface area contributed by atoms with Gasteiger partial charge in [0.15, 0.2) is 5.78 Å². The monoisotopic (exact) mass is 468 g/mol. The lowest BCUT2D eigenvalue weighted by Gasteiger charge is -2.37. The van der Waals surface area contributed by atoms with Crippen molar-refractivity contribution >= 4 is 52.6 Å². The van der Waals surface area contributed by atoms with Gasteiger partial charge in [0.25, 0.3) is 0 Å². The van der Waals surface area contributed by atoms with E-state index in [1.165, 1.54) is 0 Å². The highest BCUT2D eigenvalue weighted by Crippen LogP contribution is 2.54. The third kappa shape index (κ3) is 3.02. The maximum atomic E-state index is 13.8. The number of rotatable bonds is 2. The van der Waals surface area contributed by atoms with Crippen molar-refractivity contribution in [1.82, 2.24) is 4.90 Å². The Labute approximate surface area is 196 Å². The number of carbonyl (C=O) groups excluding carboxylic acids is 3. The minimum atomic E-state index is -0.784. The third-order valence-corrected chi connectivity index (χ3v) is 7.01. The van der Waals surface area contributed by atoms with Crippen molar-refractivity contribution in [1.29, 1.82) is 0 Å². The summed E-state index contributed by atoms with van der Waals surface area (Å²) in [4.78, 5) is 44.2. The summed E-state index contributed by atoms with van der Waals surface area (Å²) >= 11 is 12.3. The molecule has 3 aliphatic rings. The highest BCUT2D eigenvalue weighted by Gasteiger charge is 2.65. The van der Waals surface area contributed by atoms with E-state index in [1.807, 2.05) is 62.2 Å². The second-order valence-electron chi connectivity index (χ2n) is 9.59. The molecule has 2 saturated heterocycles. The Morgan fingerprint density at radius 1 is 0.938 bits per heavy atom. The third-order valence-electron chi connectivity index (χ3n) is 6.57. The Bertz CT molecular complexity index is 1180. The van der Waals surface area contributed by atoms with E-state index in [9.17, 15) is 14.4 Å². The van der Waals surface area contributed by atoms with Crippen molar-refractivity contribution in [2.24, 2.45) is 17.3 Å². The van der Waals surface area contributed by atoms with Crippen LogP contribution in [0.3, 0.4) is 0 Å². The van der Waals surface area contributed by atoms with Crippen molar-refractivity contribution in [3.05, 3.63) is 69.8 Å². The van der Waals surface area contributed by atoms with E-state index in [-0.39, 0.29) is 17.6 Å². The van der Waals surface area contributed by atoms with E-state index < -0.39 is 29.3 Å². The SMILES string of the molecule is CC(C)(C)C(=O)[C@@H]1[C@@H]2C(=O)N(c3cc(Cl)cc(Cl)c3)C(=O)[C@@H]2C2c3ccccc3C=CN21. The lowest BCUT2D eigenvalue weighted by Crippen LogP contribution is -2.47. The number of halogens is 2. The van der Waals surface area contributed by atoms with Gasteiger partial charge in [0.05, 0.1) is 23.6 Å². The molecular formula is C25H22Cl2N2O3. The number of Topliss-reactive ketones (excluding diaryl/α,β-unsaturated/α-hetero) is 1. The molecule has 0 spiro atoms. The van der Waals surface area contributed by atoms with Gasteiger partial charge in [-0.3, -0.25) is 14.4 Å². The van der Waals surface area contributed by atoms with Crippen LogP contribution in [0.4, 0.5) is 5.69 Å². The first-order chi connectivity index (χ1) is 15.1. The number of benzene rings is 2. The highest BCUT2D eigenvalue weighted by molar-refractivity contribution is 6.35. The molecule has 2 amide bonds. The Balaban J connectivity index is 1.68. The van der Waals surface area contributed by atoms with Crippen LogP contribution in [0.15, 0.2) is 48.7 Å². The van der Waals surface area contributed by atoms with Crippen molar-refractivity contribution < 1.29 is 14.4 Å². The number of imide groups is 1. The van der Waals surface area contributed by atoms with Gasteiger partial charge in [-0.1, -0.05) is 68.2 Å². The number of fused-ring (bicyclic) bond motifs is 5. The molecule has 0 bridgehead atoms. The summed E-state index contributed by atoms with van der Waals surface area (Å²) in [6.07, 6.45) is 3.81. The van der Waals surface area contributed by atoms with E-state index in [2.05, 4.69) is 0 Å². The molecule has 4 atom stereocenters. The fourth-order valence-electron chi connectivity index (χ4n) is 5.22. The zero-order valence-corrected chi connectivity index (χ0v) is 19.4. The molecule has 0 radical (unpaired) electrons. The van der Waals surface area contributed by atoms with Crippen molar-refractivity contribution in [3.63, 3.8) is 0 Å². The average molecular weight is 469 g/mol. The summed E-state index contributed by atoms with van der Waals surface area (Å²) in [6.45, 7) is 5.53. The molecule has 0 saturated carbocycles. The number of carbonyl (C=O) groups is 3. The Morgan fingerprint density at radius 3 is 2.22 bits per heavy atom. The van der Waals surface area contributed by atoms with Crippen LogP contribution in [0.5, 0.6) is 0 Å². The van der Waals surface area contributed by atoms with Crippen LogP contribution >= 0.6 is 23.2 Å². The predicted octanol–water partition coefficient (Wildman–Crippen LogP) is 5.12. The van der Waals surface area contributed by atoms with E-state index in [4.69, 9.17) is 23.2 Å². The molecule has 5 rings (SSSR count). The second-order valence-corrected chi connectivity index (χ2v) is 10.5. The van der Waals surface area contributed by atoms with Gasteiger partial charge >= 0.3 is 0 Å². The first-order valence-electron chi connectivity index (χ1n) is 10.5. The van der Waals surface area contributed by atoms with Crippen LogP contribution < -0.4 is 4.90 Å². The van der Waals surface area contributed by atoms with E-state index in [1.54, 1.807) is 18.2 Å². The lowest BCUT2D eigenvalue weighted by molar-refractivity contribution is -0.135. The normalized spacial score (nSPS) is 26.3. The molecule has 3 heterocycles. The minimum Gasteiger partial charge on any atom is -0.359 e. The fraction of sp³-hybridized carbons (Fsp3) is 0.320. The molecule has 164 valence electrons. The van der Waals surface area contributed by atoms with Gasteiger partial charge in [-0.05, 0) is 35.4 Å². The molecule has 2 aromatic carbocycles. The molecule has 0 aliphatic carbocycles. The average Bonchev–Trinajstić information content (AvgIpc) is 3.19. The number of amides is 2. The van der Waals surface area contributed by atoms with Gasteiger partial charge < -0.3 is 4.90 Å². The summed E-state index contributed by atoms with van der Waals surface area (Å²) in [7, 11) is 0. The zero-order chi connectivity index (χ0) is 22.9.